The van der Waals surface area contributed by atoms with Crippen molar-refractivity contribution in [3.05, 3.63) is 70.7 Å². The van der Waals surface area contributed by atoms with Crippen LogP contribution in [0.15, 0.2) is 58.3 Å². The Morgan fingerprint density at radius 2 is 1.93 bits per heavy atom. The number of hydrogen-bond donors (Lipinski definition) is 2. The molecule has 1 heterocycles. The van der Waals surface area contributed by atoms with Gasteiger partial charge in [0.05, 0.1) is 25.0 Å². The molecular formula is C22H23N3O3S2. The van der Waals surface area contributed by atoms with E-state index in [1.54, 1.807) is 13.2 Å². The van der Waals surface area contributed by atoms with E-state index in [0.29, 0.717) is 23.7 Å². The van der Waals surface area contributed by atoms with Gasteiger partial charge in [-0.3, -0.25) is 9.59 Å². The smallest absolute Gasteiger partial charge is 0.234 e. The normalized spacial score (nSPS) is 10.5. The molecule has 0 radical (unpaired) electrons. The average Bonchev–Trinajstić information content (AvgIpc) is 3.19. The molecule has 0 bridgehead atoms. The van der Waals surface area contributed by atoms with Crippen molar-refractivity contribution < 1.29 is 14.3 Å². The summed E-state index contributed by atoms with van der Waals surface area (Å²) >= 11 is 2.78. The summed E-state index contributed by atoms with van der Waals surface area (Å²) in [5, 5.41) is 7.60. The Balaban J connectivity index is 1.42. The lowest BCUT2D eigenvalue weighted by atomic mass is 10.1. The minimum absolute atomic E-state index is 0.0757. The summed E-state index contributed by atoms with van der Waals surface area (Å²) in [7, 11) is 1.58. The van der Waals surface area contributed by atoms with Gasteiger partial charge >= 0.3 is 0 Å². The quantitative estimate of drug-likeness (QED) is 0.490. The van der Waals surface area contributed by atoms with Gasteiger partial charge in [0.15, 0.2) is 4.34 Å². The van der Waals surface area contributed by atoms with E-state index < -0.39 is 0 Å². The first kappa shape index (κ1) is 21.9. The van der Waals surface area contributed by atoms with Crippen LogP contribution in [-0.2, 0) is 22.6 Å². The van der Waals surface area contributed by atoms with E-state index >= 15 is 0 Å². The van der Waals surface area contributed by atoms with Crippen LogP contribution >= 0.6 is 23.1 Å². The molecule has 30 heavy (non-hydrogen) atoms. The molecule has 0 aliphatic rings. The number of aryl methyl sites for hydroxylation is 1. The number of aromatic nitrogens is 1. The molecule has 0 unspecified atom stereocenters. The predicted molar refractivity (Wildman–Crippen MR) is 121 cm³/mol. The van der Waals surface area contributed by atoms with Gasteiger partial charge in [-0.2, -0.15) is 0 Å². The summed E-state index contributed by atoms with van der Waals surface area (Å²) in [5.74, 6) is 0.726. The third-order valence-corrected chi connectivity index (χ3v) is 6.23. The maximum absolute atomic E-state index is 12.2. The molecule has 8 heteroatoms. The fourth-order valence-corrected chi connectivity index (χ4v) is 4.24. The number of carbonyl (C=O) groups is 2. The number of thioether (sulfide) groups is 1. The Kier molecular flexibility index (Phi) is 7.87. The largest absolute Gasteiger partial charge is 0.497 e. The van der Waals surface area contributed by atoms with Crippen molar-refractivity contribution in [2.24, 2.45) is 0 Å². The van der Waals surface area contributed by atoms with Gasteiger partial charge in [0, 0.05) is 23.7 Å². The van der Waals surface area contributed by atoms with Gasteiger partial charge in [-0.05, 0) is 24.6 Å². The molecule has 3 rings (SSSR count). The number of amides is 2. The molecule has 1 aromatic heterocycles. The van der Waals surface area contributed by atoms with Crippen LogP contribution < -0.4 is 15.4 Å². The van der Waals surface area contributed by atoms with Gasteiger partial charge in [0.25, 0.3) is 0 Å². The maximum atomic E-state index is 12.2. The summed E-state index contributed by atoms with van der Waals surface area (Å²) in [5.41, 5.74) is 3.64. The highest BCUT2D eigenvalue weighted by atomic mass is 32.2. The summed E-state index contributed by atoms with van der Waals surface area (Å²) in [4.78, 5) is 28.8. The van der Waals surface area contributed by atoms with Crippen molar-refractivity contribution in [1.82, 2.24) is 10.3 Å². The topological polar surface area (TPSA) is 80.3 Å². The maximum Gasteiger partial charge on any atom is 0.234 e. The fourth-order valence-electron chi connectivity index (χ4n) is 2.59. The number of hydrogen-bond acceptors (Lipinski definition) is 6. The third kappa shape index (κ3) is 6.89. The monoisotopic (exact) mass is 441 g/mol. The SMILES string of the molecule is COc1cccc(NC(=O)CSc2nc(CC(=O)NCc3ccc(C)cc3)cs2)c1. The molecule has 0 aliphatic carbocycles. The number of thiazole rings is 1. The second-order valence-electron chi connectivity index (χ2n) is 6.61. The summed E-state index contributed by atoms with van der Waals surface area (Å²) in [6, 6.07) is 15.3. The zero-order chi connectivity index (χ0) is 21.3. The van der Waals surface area contributed by atoms with Crippen molar-refractivity contribution in [3.8, 4) is 5.75 Å². The van der Waals surface area contributed by atoms with Gasteiger partial charge in [0.1, 0.15) is 5.75 Å². The van der Waals surface area contributed by atoms with Crippen LogP contribution in [0.2, 0.25) is 0 Å². The first-order chi connectivity index (χ1) is 14.5. The molecule has 156 valence electrons. The highest BCUT2D eigenvalue weighted by Gasteiger charge is 2.10. The fraction of sp³-hybridized carbons (Fsp3) is 0.227. The van der Waals surface area contributed by atoms with Crippen molar-refractivity contribution >= 4 is 40.6 Å². The molecule has 2 N–H and O–H groups in total. The van der Waals surface area contributed by atoms with Crippen LogP contribution in [0.1, 0.15) is 16.8 Å². The minimum Gasteiger partial charge on any atom is -0.497 e. The van der Waals surface area contributed by atoms with Crippen molar-refractivity contribution in [2.45, 2.75) is 24.2 Å². The van der Waals surface area contributed by atoms with Gasteiger partial charge < -0.3 is 15.4 Å². The molecule has 6 nitrogen and oxygen atoms in total. The second kappa shape index (κ2) is 10.8. The molecule has 3 aromatic rings. The number of nitrogens with one attached hydrogen (secondary N) is 2. The van der Waals surface area contributed by atoms with Gasteiger partial charge in [-0.1, -0.05) is 47.7 Å². The Labute approximate surface area is 184 Å². The number of nitrogens with zero attached hydrogens (tertiary/aromatic N) is 1. The van der Waals surface area contributed by atoms with Crippen LogP contribution in [0, 0.1) is 6.92 Å². The lowest BCUT2D eigenvalue weighted by Crippen LogP contribution is -2.24. The van der Waals surface area contributed by atoms with Crippen LogP contribution in [0.5, 0.6) is 5.75 Å². The van der Waals surface area contributed by atoms with Crippen LogP contribution in [0.3, 0.4) is 0 Å². The molecule has 0 saturated heterocycles. The van der Waals surface area contributed by atoms with Gasteiger partial charge in [-0.25, -0.2) is 4.98 Å². The third-order valence-electron chi connectivity index (χ3n) is 4.16. The standard InChI is InChI=1S/C22H23N3O3S2/c1-15-6-8-16(9-7-15)12-23-20(26)11-18-13-29-22(25-18)30-14-21(27)24-17-4-3-5-19(10-17)28-2/h3-10,13H,11-12,14H2,1-2H3,(H,23,26)(H,24,27). The van der Waals surface area contributed by atoms with Crippen LogP contribution in [-0.4, -0.2) is 29.7 Å². The van der Waals surface area contributed by atoms with E-state index in [2.05, 4.69) is 15.6 Å². The molecule has 2 amide bonds. The lowest BCUT2D eigenvalue weighted by Gasteiger charge is -2.06. The van der Waals surface area contributed by atoms with Crippen molar-refractivity contribution in [3.63, 3.8) is 0 Å². The van der Waals surface area contributed by atoms with Crippen LogP contribution in [0.4, 0.5) is 5.69 Å². The number of benzene rings is 2. The first-order valence-corrected chi connectivity index (χ1v) is 11.2. The van der Waals surface area contributed by atoms with E-state index in [1.807, 2.05) is 54.8 Å². The minimum atomic E-state index is -0.124. The van der Waals surface area contributed by atoms with E-state index in [0.717, 1.165) is 9.90 Å². The first-order valence-electron chi connectivity index (χ1n) is 9.35. The molecular weight excluding hydrogens is 418 g/mol. The van der Waals surface area contributed by atoms with Gasteiger partial charge in [0.2, 0.25) is 11.8 Å². The Bertz CT molecular complexity index is 1000. The zero-order valence-corrected chi connectivity index (χ0v) is 18.4. The van der Waals surface area contributed by atoms with E-state index in [4.69, 9.17) is 4.74 Å². The molecule has 2 aromatic carbocycles. The number of ether oxygens (including phenoxy) is 1. The van der Waals surface area contributed by atoms with Crippen molar-refractivity contribution in [1.29, 1.82) is 0 Å². The zero-order valence-electron chi connectivity index (χ0n) is 16.8. The lowest BCUT2D eigenvalue weighted by molar-refractivity contribution is -0.120. The second-order valence-corrected chi connectivity index (χ2v) is 8.69. The molecule has 0 fully saturated rings. The molecule has 0 spiro atoms. The summed E-state index contributed by atoms with van der Waals surface area (Å²) in [6.45, 7) is 2.53. The number of methoxy groups -OCH3 is 1. The highest BCUT2D eigenvalue weighted by Crippen LogP contribution is 2.23. The summed E-state index contributed by atoms with van der Waals surface area (Å²) < 4.78 is 5.91. The predicted octanol–water partition coefficient (Wildman–Crippen LogP) is 4.05. The van der Waals surface area contributed by atoms with Crippen molar-refractivity contribution in [2.75, 3.05) is 18.2 Å². The molecule has 0 aliphatic heterocycles. The number of rotatable bonds is 9. The number of anilines is 1. The highest BCUT2D eigenvalue weighted by molar-refractivity contribution is 8.01. The van der Waals surface area contributed by atoms with E-state index in [1.165, 1.54) is 28.7 Å². The average molecular weight is 442 g/mol. The Morgan fingerprint density at radius 3 is 2.70 bits per heavy atom. The molecule has 0 saturated carbocycles. The van der Waals surface area contributed by atoms with Crippen LogP contribution in [0.25, 0.3) is 0 Å². The summed E-state index contributed by atoms with van der Waals surface area (Å²) in [6.07, 6.45) is 0.221. The van der Waals surface area contributed by atoms with E-state index in [9.17, 15) is 9.59 Å². The van der Waals surface area contributed by atoms with E-state index in [-0.39, 0.29) is 24.0 Å². The Morgan fingerprint density at radius 1 is 1.13 bits per heavy atom. The Hall–Kier alpha value is -2.84. The number of carbonyl (C=O) groups excluding carboxylic acids is 2. The van der Waals surface area contributed by atoms with Gasteiger partial charge in [-0.15, -0.1) is 11.3 Å². The molecule has 0 atom stereocenters.